The molecule has 3 aliphatic carbocycles. The van der Waals surface area contributed by atoms with Gasteiger partial charge in [0.05, 0.1) is 23.7 Å². The van der Waals surface area contributed by atoms with Gasteiger partial charge in [-0.3, -0.25) is 9.69 Å². The number of hydrogen-bond acceptors (Lipinski definition) is 7. The Morgan fingerprint density at radius 1 is 1.17 bits per heavy atom. The van der Waals surface area contributed by atoms with E-state index in [1.165, 1.54) is 0 Å². The minimum absolute atomic E-state index is 0.0242. The second-order valence-corrected chi connectivity index (χ2v) is 15.8. The summed E-state index contributed by atoms with van der Waals surface area (Å²) in [5.41, 5.74) is 0.00342. The van der Waals surface area contributed by atoms with Crippen LogP contribution in [0.4, 0.5) is 13.6 Å². The maximum atomic E-state index is 13.8. The molecule has 1 aromatic carbocycles. The van der Waals surface area contributed by atoms with Crippen LogP contribution in [0.15, 0.2) is 42.0 Å². The summed E-state index contributed by atoms with van der Waals surface area (Å²) in [6.07, 6.45) is 4.33. The molecule has 2 amide bonds. The van der Waals surface area contributed by atoms with E-state index >= 15 is 0 Å². The van der Waals surface area contributed by atoms with Crippen molar-refractivity contribution in [3.63, 3.8) is 0 Å². The van der Waals surface area contributed by atoms with Crippen LogP contribution >= 0.6 is 0 Å². The van der Waals surface area contributed by atoms with Crippen molar-refractivity contribution in [2.24, 2.45) is 17.3 Å². The summed E-state index contributed by atoms with van der Waals surface area (Å²) in [6.45, 7) is 11.2. The molecule has 1 N–H and O–H groups in total. The first-order valence-corrected chi connectivity index (χ1v) is 17.5. The summed E-state index contributed by atoms with van der Waals surface area (Å²) in [7, 11) is -0.634. The summed E-state index contributed by atoms with van der Waals surface area (Å²) in [4.78, 5) is 30.4. The SMILES string of the molecule is CC1(C)[C@@H]2C[C@H]3OB([C@H](Cc4ccccc4)NC(=O)OC[C@H]4CCCN4C(=O)C(C#N)=CC(C)(C)N4CCC(F)(F)CC4)O[C@@]3(C)[C@H]1C2. The molecule has 6 fully saturated rings. The number of carbonyl (C=O) groups excluding carboxylic acids is 2. The van der Waals surface area contributed by atoms with Crippen molar-refractivity contribution in [1.82, 2.24) is 15.1 Å². The number of rotatable bonds is 9. The maximum Gasteiger partial charge on any atom is 0.482 e. The fraction of sp³-hybridized carbons (Fsp3) is 0.694. The summed E-state index contributed by atoms with van der Waals surface area (Å²) in [5.74, 6) is -2.63. The van der Waals surface area contributed by atoms with Crippen molar-refractivity contribution >= 4 is 19.1 Å². The molecule has 12 heteroatoms. The second kappa shape index (κ2) is 13.0. The first kappa shape index (κ1) is 34.8. The molecule has 6 aliphatic rings. The van der Waals surface area contributed by atoms with Crippen molar-refractivity contribution in [3.05, 3.63) is 47.5 Å². The van der Waals surface area contributed by atoms with Gasteiger partial charge < -0.3 is 24.3 Å². The van der Waals surface area contributed by atoms with Crippen molar-refractivity contribution in [2.75, 3.05) is 26.2 Å². The van der Waals surface area contributed by atoms with E-state index in [0.717, 1.165) is 18.4 Å². The van der Waals surface area contributed by atoms with Gasteiger partial charge in [-0.2, -0.15) is 5.26 Å². The Morgan fingerprint density at radius 2 is 1.88 bits per heavy atom. The topological polar surface area (TPSA) is 104 Å². The number of piperidine rings is 1. The highest BCUT2D eigenvalue weighted by atomic mass is 19.3. The smallest absolute Gasteiger partial charge is 0.447 e. The van der Waals surface area contributed by atoms with Crippen LogP contribution in [0.5, 0.6) is 0 Å². The minimum Gasteiger partial charge on any atom is -0.447 e. The summed E-state index contributed by atoms with van der Waals surface area (Å²) < 4.78 is 46.5. The van der Waals surface area contributed by atoms with E-state index in [2.05, 4.69) is 26.1 Å². The Morgan fingerprint density at radius 3 is 2.54 bits per heavy atom. The van der Waals surface area contributed by atoms with Crippen molar-refractivity contribution in [3.8, 4) is 6.07 Å². The molecule has 3 saturated heterocycles. The Kier molecular flexibility index (Phi) is 9.46. The lowest BCUT2D eigenvalue weighted by Crippen LogP contribution is -2.65. The highest BCUT2D eigenvalue weighted by Gasteiger charge is 2.68. The third kappa shape index (κ3) is 6.75. The number of nitrogens with one attached hydrogen (secondary N) is 1. The van der Waals surface area contributed by atoms with Crippen molar-refractivity contribution in [1.29, 1.82) is 5.26 Å². The second-order valence-electron chi connectivity index (χ2n) is 15.8. The van der Waals surface area contributed by atoms with Gasteiger partial charge in [0.2, 0.25) is 0 Å². The quantitative estimate of drug-likeness (QED) is 0.210. The number of halogens is 2. The molecular weight excluding hydrogens is 617 g/mol. The van der Waals surface area contributed by atoms with E-state index in [-0.39, 0.29) is 55.7 Å². The Bertz CT molecular complexity index is 1440. The van der Waals surface area contributed by atoms with Gasteiger partial charge in [0, 0.05) is 38.0 Å². The van der Waals surface area contributed by atoms with Crippen molar-refractivity contribution in [2.45, 2.75) is 115 Å². The van der Waals surface area contributed by atoms with Crippen LogP contribution in [0.25, 0.3) is 0 Å². The van der Waals surface area contributed by atoms with Gasteiger partial charge in [-0.15, -0.1) is 0 Å². The van der Waals surface area contributed by atoms with Crippen molar-refractivity contribution < 1.29 is 32.4 Å². The van der Waals surface area contributed by atoms with Crippen LogP contribution in [-0.2, 0) is 25.3 Å². The monoisotopic (exact) mass is 666 g/mol. The average Bonchev–Trinajstić information content (AvgIpc) is 3.66. The number of likely N-dealkylation sites (tertiary alicyclic amines) is 2. The molecule has 7 rings (SSSR count). The van der Waals surface area contributed by atoms with Crippen LogP contribution in [0.1, 0.15) is 78.7 Å². The Hall–Kier alpha value is -3.01. The number of ether oxygens (including phenoxy) is 1. The van der Waals surface area contributed by atoms with Crippen LogP contribution in [0.3, 0.4) is 0 Å². The molecule has 0 spiro atoms. The molecule has 3 saturated carbocycles. The molecule has 3 heterocycles. The lowest BCUT2D eigenvalue weighted by Gasteiger charge is -2.64. The molecule has 0 radical (unpaired) electrons. The molecular formula is C36H49BF2N4O5. The number of amides is 2. The number of nitrogens with zero attached hydrogens (tertiary/aromatic N) is 3. The molecule has 2 bridgehead atoms. The fourth-order valence-electron chi connectivity index (χ4n) is 8.95. The number of carbonyl (C=O) groups is 2. The largest absolute Gasteiger partial charge is 0.482 e. The molecule has 1 aromatic rings. The van der Waals surface area contributed by atoms with Crippen LogP contribution < -0.4 is 5.32 Å². The molecule has 0 unspecified atom stereocenters. The van der Waals surface area contributed by atoms with Gasteiger partial charge in [0.1, 0.15) is 18.2 Å². The van der Waals surface area contributed by atoms with E-state index in [1.807, 2.05) is 55.1 Å². The maximum absolute atomic E-state index is 13.8. The summed E-state index contributed by atoms with van der Waals surface area (Å²) >= 11 is 0. The fourth-order valence-corrected chi connectivity index (χ4v) is 8.95. The Labute approximate surface area is 283 Å². The highest BCUT2D eigenvalue weighted by Crippen LogP contribution is 2.65. The zero-order chi connectivity index (χ0) is 34.5. The first-order chi connectivity index (χ1) is 22.6. The minimum atomic E-state index is -2.69. The third-order valence-corrected chi connectivity index (χ3v) is 12.1. The van der Waals surface area contributed by atoms with E-state index < -0.39 is 42.1 Å². The molecule has 6 atom stereocenters. The number of nitriles is 1. The normalized spacial score (nSPS) is 31.8. The number of hydrogen-bond donors (Lipinski definition) is 1. The number of benzene rings is 1. The van der Waals surface area contributed by atoms with E-state index in [0.29, 0.717) is 37.6 Å². The lowest BCUT2D eigenvalue weighted by molar-refractivity contribution is -0.199. The van der Waals surface area contributed by atoms with Gasteiger partial charge in [0.15, 0.2) is 0 Å². The molecule has 48 heavy (non-hydrogen) atoms. The molecule has 0 aromatic heterocycles. The molecule has 260 valence electrons. The van der Waals surface area contributed by atoms with Crippen LogP contribution in [0.2, 0.25) is 0 Å². The van der Waals surface area contributed by atoms with E-state index in [9.17, 15) is 23.6 Å². The highest BCUT2D eigenvalue weighted by molar-refractivity contribution is 6.47. The van der Waals surface area contributed by atoms with Gasteiger partial charge in [-0.1, -0.05) is 44.2 Å². The zero-order valence-corrected chi connectivity index (χ0v) is 28.8. The third-order valence-electron chi connectivity index (χ3n) is 12.1. The Balaban J connectivity index is 1.09. The average molecular weight is 667 g/mol. The molecule has 9 nitrogen and oxygen atoms in total. The van der Waals surface area contributed by atoms with Gasteiger partial charge in [-0.05, 0) is 81.8 Å². The zero-order valence-electron chi connectivity index (χ0n) is 28.8. The predicted molar refractivity (Wildman–Crippen MR) is 177 cm³/mol. The lowest BCUT2D eigenvalue weighted by atomic mass is 9.43. The van der Waals surface area contributed by atoms with Gasteiger partial charge >= 0.3 is 13.2 Å². The van der Waals surface area contributed by atoms with E-state index in [1.54, 1.807) is 11.0 Å². The van der Waals surface area contributed by atoms with E-state index in [4.69, 9.17) is 14.0 Å². The number of alkyl halides is 2. The van der Waals surface area contributed by atoms with Crippen LogP contribution in [-0.4, -0.2) is 90.3 Å². The van der Waals surface area contributed by atoms with Gasteiger partial charge in [0.25, 0.3) is 11.8 Å². The number of alkyl carbamates (subject to hydrolysis) is 1. The predicted octanol–water partition coefficient (Wildman–Crippen LogP) is 5.54. The summed E-state index contributed by atoms with van der Waals surface area (Å²) in [5, 5.41) is 13.0. The first-order valence-electron chi connectivity index (χ1n) is 17.5. The summed E-state index contributed by atoms with van der Waals surface area (Å²) in [6, 6.07) is 11.5. The van der Waals surface area contributed by atoms with Crippen LogP contribution in [0, 0.1) is 28.6 Å². The van der Waals surface area contributed by atoms with Gasteiger partial charge in [-0.25, -0.2) is 13.6 Å². The standard InChI is InChI=1S/C36H49BF2N4O5/c1-33(2,42-16-13-36(38,39)14-17-42)21-25(22-40)31(44)43-15-9-12-27(43)23-46-32(45)41-30(18-24-10-7-6-8-11-24)37-47-29-20-26-19-28(34(26,3)4)35(29,5)48-37/h6-8,10-11,21,26-30H,9,12-20,23H2,1-5H3,(H,41,45)/t26-,27+,28-,29+,30-,35-/m0/s1. The molecule has 3 aliphatic heterocycles.